The molecule has 24 heavy (non-hydrogen) atoms. The lowest BCUT2D eigenvalue weighted by Gasteiger charge is -2.10. The zero-order valence-electron chi connectivity index (χ0n) is 13.3. The van der Waals surface area contributed by atoms with Crippen molar-refractivity contribution in [2.45, 2.75) is 13.3 Å². The van der Waals surface area contributed by atoms with E-state index in [1.54, 1.807) is 0 Å². The Hall–Kier alpha value is -3.15. The summed E-state index contributed by atoms with van der Waals surface area (Å²) in [7, 11) is 0. The summed E-state index contributed by atoms with van der Waals surface area (Å²) in [5, 5.41) is 8.13. The van der Waals surface area contributed by atoms with Crippen LogP contribution in [-0.2, 0) is 6.42 Å². The molecule has 0 saturated heterocycles. The Bertz CT molecular complexity index is 1060. The number of nitrogens with zero attached hydrogens (tertiary/aromatic N) is 5. The third kappa shape index (κ3) is 1.93. The van der Waals surface area contributed by atoms with Crippen molar-refractivity contribution in [1.29, 1.82) is 0 Å². The number of aromatic nitrogens is 5. The first-order valence-corrected chi connectivity index (χ1v) is 8.02. The van der Waals surface area contributed by atoms with Crippen LogP contribution in [0.3, 0.4) is 0 Å². The minimum Gasteiger partial charge on any atom is -0.368 e. The largest absolute Gasteiger partial charge is 0.368 e. The number of rotatable bonds is 2. The normalized spacial score (nSPS) is 13.2. The lowest BCUT2D eigenvalue weighted by atomic mass is 10.1. The smallest absolute Gasteiger partial charge is 0.154 e. The van der Waals surface area contributed by atoms with Crippen molar-refractivity contribution in [2.75, 3.05) is 11.9 Å². The number of anilines is 1. The molecule has 0 fully saturated rings. The molecule has 5 heterocycles. The molecule has 1 N–H and O–H groups in total. The highest BCUT2D eigenvalue weighted by Crippen LogP contribution is 2.34. The minimum atomic E-state index is 0.840. The Labute approximate surface area is 138 Å². The van der Waals surface area contributed by atoms with Crippen LogP contribution in [0.25, 0.3) is 22.7 Å². The Morgan fingerprint density at radius 3 is 3.04 bits per heavy atom. The van der Waals surface area contributed by atoms with Gasteiger partial charge in [-0.2, -0.15) is 0 Å². The molecule has 1 aliphatic heterocycles. The molecule has 6 heteroatoms. The predicted molar refractivity (Wildman–Crippen MR) is 92.5 cm³/mol. The number of hydrogen-bond donors (Lipinski definition) is 1. The van der Waals surface area contributed by atoms with Gasteiger partial charge in [0.1, 0.15) is 5.65 Å². The maximum atomic E-state index is 4.76. The molecule has 5 rings (SSSR count). The monoisotopic (exact) mass is 316 g/mol. The van der Waals surface area contributed by atoms with Crippen LogP contribution in [0.2, 0.25) is 0 Å². The van der Waals surface area contributed by atoms with Gasteiger partial charge in [-0.05, 0) is 37.6 Å². The third-order valence-electron chi connectivity index (χ3n) is 4.40. The number of imidazole rings is 1. The number of aryl methyl sites for hydroxylation is 1. The summed E-state index contributed by atoms with van der Waals surface area (Å²) in [6, 6.07) is 10.1. The number of fused-ring (bicyclic) bond motifs is 2. The van der Waals surface area contributed by atoms with Gasteiger partial charge in [-0.3, -0.25) is 0 Å². The van der Waals surface area contributed by atoms with Gasteiger partial charge in [0.2, 0.25) is 0 Å². The molecule has 4 aromatic heterocycles. The second-order valence-corrected chi connectivity index (χ2v) is 6.01. The van der Waals surface area contributed by atoms with Crippen LogP contribution in [0.1, 0.15) is 11.3 Å². The van der Waals surface area contributed by atoms with Gasteiger partial charge < -0.3 is 9.72 Å². The van der Waals surface area contributed by atoms with Gasteiger partial charge in [-0.25, -0.2) is 14.6 Å². The van der Waals surface area contributed by atoms with Crippen LogP contribution in [0.5, 0.6) is 0 Å². The van der Waals surface area contributed by atoms with E-state index in [1.807, 2.05) is 52.7 Å². The van der Waals surface area contributed by atoms with Crippen molar-refractivity contribution in [3.63, 3.8) is 0 Å². The summed E-state index contributed by atoms with van der Waals surface area (Å²) in [5.41, 5.74) is 5.38. The van der Waals surface area contributed by atoms with Crippen molar-refractivity contribution in [3.05, 3.63) is 60.2 Å². The molecule has 0 saturated carbocycles. The molecule has 0 unspecified atom stereocenters. The quantitative estimate of drug-likeness (QED) is 0.618. The Balaban J connectivity index is 1.77. The van der Waals surface area contributed by atoms with E-state index in [9.17, 15) is 0 Å². The number of pyridine rings is 2. The molecule has 0 amide bonds. The predicted octanol–water partition coefficient (Wildman–Crippen LogP) is 2.86. The molecule has 0 aromatic carbocycles. The Kier molecular flexibility index (Phi) is 2.73. The Morgan fingerprint density at radius 1 is 1.17 bits per heavy atom. The van der Waals surface area contributed by atoms with E-state index in [0.717, 1.165) is 47.2 Å². The minimum absolute atomic E-state index is 0.840. The van der Waals surface area contributed by atoms with Gasteiger partial charge in [0.15, 0.2) is 11.6 Å². The lowest BCUT2D eigenvalue weighted by Crippen LogP contribution is -2.06. The van der Waals surface area contributed by atoms with Gasteiger partial charge in [0, 0.05) is 42.0 Å². The zero-order chi connectivity index (χ0) is 16.1. The molecule has 4 aromatic rings. The summed E-state index contributed by atoms with van der Waals surface area (Å²) in [4.78, 5) is 8.97. The van der Waals surface area contributed by atoms with Crippen molar-refractivity contribution in [3.8, 4) is 17.1 Å². The molecule has 0 radical (unpaired) electrons. The molecule has 0 spiro atoms. The highest BCUT2D eigenvalue weighted by Gasteiger charge is 2.24. The van der Waals surface area contributed by atoms with Crippen LogP contribution in [-0.4, -0.2) is 30.7 Å². The summed E-state index contributed by atoms with van der Waals surface area (Å²) in [5.74, 6) is 1.80. The van der Waals surface area contributed by atoms with Crippen molar-refractivity contribution >= 4 is 11.5 Å². The average molecular weight is 316 g/mol. The van der Waals surface area contributed by atoms with Crippen LogP contribution >= 0.6 is 0 Å². The highest BCUT2D eigenvalue weighted by atomic mass is 15.4. The topological polar surface area (TPSA) is 60.0 Å². The second kappa shape index (κ2) is 4.92. The SMILES string of the molecule is Cc1cccc(-n2nc3c(c2-c2ccc4nccn4c2)CCN3)n1. The first-order chi connectivity index (χ1) is 11.8. The van der Waals surface area contributed by atoms with E-state index < -0.39 is 0 Å². The summed E-state index contributed by atoms with van der Waals surface area (Å²) >= 11 is 0. The molecule has 0 atom stereocenters. The van der Waals surface area contributed by atoms with Gasteiger partial charge in [0.05, 0.1) is 5.69 Å². The fourth-order valence-electron chi connectivity index (χ4n) is 3.30. The number of nitrogens with one attached hydrogen (secondary N) is 1. The van der Waals surface area contributed by atoms with E-state index in [1.165, 1.54) is 5.56 Å². The van der Waals surface area contributed by atoms with Gasteiger partial charge in [-0.1, -0.05) is 6.07 Å². The van der Waals surface area contributed by atoms with Gasteiger partial charge >= 0.3 is 0 Å². The van der Waals surface area contributed by atoms with E-state index in [-0.39, 0.29) is 0 Å². The molecule has 0 bridgehead atoms. The molecule has 1 aliphatic rings. The zero-order valence-corrected chi connectivity index (χ0v) is 13.3. The van der Waals surface area contributed by atoms with Crippen molar-refractivity contribution in [2.24, 2.45) is 0 Å². The average Bonchev–Trinajstić information content (AvgIpc) is 3.29. The van der Waals surface area contributed by atoms with Gasteiger partial charge in [0.25, 0.3) is 0 Å². The van der Waals surface area contributed by atoms with Crippen LogP contribution in [0, 0.1) is 6.92 Å². The first kappa shape index (κ1) is 13.3. The third-order valence-corrected chi connectivity index (χ3v) is 4.40. The standard InChI is InChI=1S/C18H16N6/c1-12-3-2-4-16(21-12)24-17(14-7-8-20-18(14)22-24)13-5-6-15-19-9-10-23(15)11-13/h2-6,9-11H,7-8H2,1H3,(H,20,22). The second-order valence-electron chi connectivity index (χ2n) is 6.01. The van der Waals surface area contributed by atoms with Crippen molar-refractivity contribution in [1.82, 2.24) is 24.1 Å². The van der Waals surface area contributed by atoms with Crippen LogP contribution in [0.15, 0.2) is 48.9 Å². The van der Waals surface area contributed by atoms with E-state index >= 15 is 0 Å². The number of hydrogen-bond acceptors (Lipinski definition) is 4. The molecule has 6 nitrogen and oxygen atoms in total. The maximum Gasteiger partial charge on any atom is 0.154 e. The van der Waals surface area contributed by atoms with Crippen molar-refractivity contribution < 1.29 is 0 Å². The van der Waals surface area contributed by atoms with Crippen LogP contribution in [0.4, 0.5) is 5.82 Å². The molecular formula is C18H16N6. The Morgan fingerprint density at radius 2 is 2.12 bits per heavy atom. The van der Waals surface area contributed by atoms with Gasteiger partial charge in [-0.15, -0.1) is 5.10 Å². The fourth-order valence-corrected chi connectivity index (χ4v) is 3.30. The van der Waals surface area contributed by atoms with E-state index in [0.29, 0.717) is 0 Å². The lowest BCUT2D eigenvalue weighted by molar-refractivity contribution is 0.841. The summed E-state index contributed by atoms with van der Waals surface area (Å²) in [6.45, 7) is 2.93. The fraction of sp³-hybridized carbons (Fsp3) is 0.167. The van der Waals surface area contributed by atoms with E-state index in [2.05, 4.69) is 27.5 Å². The summed E-state index contributed by atoms with van der Waals surface area (Å²) in [6.07, 6.45) is 6.84. The molecular weight excluding hydrogens is 300 g/mol. The highest BCUT2D eigenvalue weighted by molar-refractivity contribution is 5.73. The first-order valence-electron chi connectivity index (χ1n) is 8.02. The summed E-state index contributed by atoms with van der Waals surface area (Å²) < 4.78 is 3.98. The maximum absolute atomic E-state index is 4.76. The molecule has 0 aliphatic carbocycles. The van der Waals surface area contributed by atoms with Crippen LogP contribution < -0.4 is 5.32 Å². The molecule has 118 valence electrons. The van der Waals surface area contributed by atoms with E-state index in [4.69, 9.17) is 5.10 Å².